The van der Waals surface area contributed by atoms with Crippen LogP contribution >= 0.6 is 11.8 Å². The Balaban J connectivity index is 1.51. The van der Waals surface area contributed by atoms with Crippen LogP contribution in [0.2, 0.25) is 0 Å². The second-order valence-corrected chi connectivity index (χ2v) is 9.34. The molecule has 3 rings (SSSR count). The lowest BCUT2D eigenvalue weighted by molar-refractivity contribution is -0.134. The topological polar surface area (TPSA) is 67.9 Å². The zero-order chi connectivity index (χ0) is 23.6. The minimum atomic E-state index is -0.160. The number of benzene rings is 2. The molecule has 0 aliphatic carbocycles. The fourth-order valence-corrected chi connectivity index (χ4v) is 4.51. The number of amides is 2. The van der Waals surface area contributed by atoms with Gasteiger partial charge in [0.05, 0.1) is 6.61 Å². The minimum absolute atomic E-state index is 0.0137. The summed E-state index contributed by atoms with van der Waals surface area (Å²) in [4.78, 5) is 28.1. The van der Waals surface area contributed by atoms with Gasteiger partial charge in [-0.25, -0.2) is 0 Å². The predicted molar refractivity (Wildman–Crippen MR) is 133 cm³/mol. The van der Waals surface area contributed by atoms with Crippen molar-refractivity contribution in [2.24, 2.45) is 0 Å². The van der Waals surface area contributed by atoms with Crippen molar-refractivity contribution in [3.63, 3.8) is 0 Å². The van der Waals surface area contributed by atoms with Crippen LogP contribution in [0, 0.1) is 13.8 Å². The number of ether oxygens (including phenoxy) is 2. The van der Waals surface area contributed by atoms with Gasteiger partial charge in [-0.15, -0.1) is 11.8 Å². The second kappa shape index (κ2) is 12.5. The van der Waals surface area contributed by atoms with Crippen LogP contribution in [0.4, 0.5) is 0 Å². The van der Waals surface area contributed by atoms with Gasteiger partial charge in [0.2, 0.25) is 0 Å². The summed E-state index contributed by atoms with van der Waals surface area (Å²) < 4.78 is 11.4. The third-order valence-electron chi connectivity index (χ3n) is 5.70. The van der Waals surface area contributed by atoms with Crippen LogP contribution in [0.15, 0.2) is 41.3 Å². The monoisotopic (exact) mass is 470 g/mol. The first-order valence-electron chi connectivity index (χ1n) is 11.6. The zero-order valence-corrected chi connectivity index (χ0v) is 20.6. The van der Waals surface area contributed by atoms with Crippen LogP contribution < -0.4 is 14.8 Å². The molecule has 0 bridgehead atoms. The summed E-state index contributed by atoms with van der Waals surface area (Å²) in [5.41, 5.74) is 3.05. The summed E-state index contributed by atoms with van der Waals surface area (Å²) in [6.45, 7) is 8.64. The smallest absolute Gasteiger partial charge is 0.260 e. The summed E-state index contributed by atoms with van der Waals surface area (Å²) in [5.74, 6) is 1.56. The van der Waals surface area contributed by atoms with E-state index in [4.69, 9.17) is 9.47 Å². The molecule has 1 heterocycles. The molecule has 2 aromatic rings. The standard InChI is InChI=1S/C26H34N2O4S/c1-4-31-24-17-21(9-11-23(24)32-18-25(29)28-13-6-5-7-14-28)26(30)27-12-15-33-22-10-8-19(2)20(3)16-22/h8-11,16-17H,4-7,12-15,18H2,1-3H3,(H,27,30). The number of hydrogen-bond acceptors (Lipinski definition) is 5. The lowest BCUT2D eigenvalue weighted by Gasteiger charge is -2.26. The number of piperidine rings is 1. The number of likely N-dealkylation sites (tertiary alicyclic amines) is 1. The van der Waals surface area contributed by atoms with Crippen LogP contribution in [0.25, 0.3) is 0 Å². The van der Waals surface area contributed by atoms with Crippen molar-refractivity contribution in [1.82, 2.24) is 10.2 Å². The van der Waals surface area contributed by atoms with Gasteiger partial charge in [-0.05, 0) is 81.5 Å². The van der Waals surface area contributed by atoms with Gasteiger partial charge < -0.3 is 19.7 Å². The quantitative estimate of drug-likeness (QED) is 0.406. The van der Waals surface area contributed by atoms with Gasteiger partial charge in [-0.2, -0.15) is 0 Å². The molecule has 1 aliphatic heterocycles. The normalized spacial score (nSPS) is 13.5. The van der Waals surface area contributed by atoms with E-state index in [1.165, 1.54) is 22.4 Å². The third kappa shape index (κ3) is 7.42. The molecule has 178 valence electrons. The number of aryl methyl sites for hydroxylation is 2. The Labute approximate surface area is 201 Å². The Hall–Kier alpha value is -2.67. The maximum atomic E-state index is 12.6. The molecule has 0 spiro atoms. The highest BCUT2D eigenvalue weighted by molar-refractivity contribution is 7.99. The summed E-state index contributed by atoms with van der Waals surface area (Å²) >= 11 is 1.72. The minimum Gasteiger partial charge on any atom is -0.490 e. The van der Waals surface area contributed by atoms with E-state index in [0.29, 0.717) is 30.2 Å². The Morgan fingerprint density at radius 3 is 2.48 bits per heavy atom. The van der Waals surface area contributed by atoms with Gasteiger partial charge in [-0.1, -0.05) is 6.07 Å². The molecule has 1 aliphatic rings. The van der Waals surface area contributed by atoms with Crippen LogP contribution in [0.3, 0.4) is 0 Å². The third-order valence-corrected chi connectivity index (χ3v) is 6.70. The fraction of sp³-hybridized carbons (Fsp3) is 0.462. The highest BCUT2D eigenvalue weighted by atomic mass is 32.2. The Kier molecular flexibility index (Phi) is 9.48. The van der Waals surface area contributed by atoms with Crippen molar-refractivity contribution >= 4 is 23.6 Å². The summed E-state index contributed by atoms with van der Waals surface area (Å²) in [7, 11) is 0. The average molecular weight is 471 g/mol. The molecule has 0 saturated carbocycles. The molecule has 2 aromatic carbocycles. The van der Waals surface area contributed by atoms with Gasteiger partial charge in [0.1, 0.15) is 0 Å². The molecule has 0 atom stereocenters. The van der Waals surface area contributed by atoms with E-state index in [9.17, 15) is 9.59 Å². The molecule has 1 fully saturated rings. The van der Waals surface area contributed by atoms with Gasteiger partial charge >= 0.3 is 0 Å². The van der Waals surface area contributed by atoms with Crippen molar-refractivity contribution in [1.29, 1.82) is 0 Å². The van der Waals surface area contributed by atoms with Gasteiger partial charge in [0.25, 0.3) is 11.8 Å². The van der Waals surface area contributed by atoms with E-state index >= 15 is 0 Å². The van der Waals surface area contributed by atoms with Crippen molar-refractivity contribution < 1.29 is 19.1 Å². The maximum absolute atomic E-state index is 12.6. The molecule has 6 nitrogen and oxygen atoms in total. The number of nitrogens with one attached hydrogen (secondary N) is 1. The van der Waals surface area contributed by atoms with Crippen LogP contribution in [-0.2, 0) is 4.79 Å². The Bertz CT molecular complexity index is 957. The first kappa shape index (κ1) is 25.0. The van der Waals surface area contributed by atoms with Crippen molar-refractivity contribution in [3.05, 3.63) is 53.1 Å². The van der Waals surface area contributed by atoms with E-state index in [-0.39, 0.29) is 18.4 Å². The lowest BCUT2D eigenvalue weighted by atomic mass is 10.1. The maximum Gasteiger partial charge on any atom is 0.260 e. The van der Waals surface area contributed by atoms with Gasteiger partial charge in [0, 0.05) is 35.8 Å². The predicted octanol–water partition coefficient (Wildman–Crippen LogP) is 4.62. The van der Waals surface area contributed by atoms with Crippen molar-refractivity contribution in [2.45, 2.75) is 44.9 Å². The van der Waals surface area contributed by atoms with Crippen LogP contribution in [0.5, 0.6) is 11.5 Å². The molecule has 0 radical (unpaired) electrons. The highest BCUT2D eigenvalue weighted by Crippen LogP contribution is 2.29. The van der Waals surface area contributed by atoms with Gasteiger partial charge in [0.15, 0.2) is 18.1 Å². The van der Waals surface area contributed by atoms with E-state index in [1.54, 1.807) is 30.0 Å². The number of carbonyl (C=O) groups is 2. The van der Waals surface area contributed by atoms with E-state index in [2.05, 4.69) is 37.4 Å². The SMILES string of the molecule is CCOc1cc(C(=O)NCCSc2ccc(C)c(C)c2)ccc1OCC(=O)N1CCCCC1. The van der Waals surface area contributed by atoms with E-state index in [1.807, 2.05) is 11.8 Å². The molecule has 2 amide bonds. The second-order valence-electron chi connectivity index (χ2n) is 8.18. The first-order valence-corrected chi connectivity index (χ1v) is 12.6. The first-order chi connectivity index (χ1) is 16.0. The molecular weight excluding hydrogens is 436 g/mol. The van der Waals surface area contributed by atoms with Crippen molar-refractivity contribution in [2.75, 3.05) is 38.6 Å². The highest BCUT2D eigenvalue weighted by Gasteiger charge is 2.18. The number of thioether (sulfide) groups is 1. The Morgan fingerprint density at radius 1 is 0.970 bits per heavy atom. The molecule has 0 unspecified atom stereocenters. The molecule has 7 heteroatoms. The summed E-state index contributed by atoms with van der Waals surface area (Å²) in [5, 5.41) is 2.96. The van der Waals surface area contributed by atoms with Crippen LogP contribution in [-0.4, -0.2) is 55.3 Å². The Morgan fingerprint density at radius 2 is 1.76 bits per heavy atom. The zero-order valence-electron chi connectivity index (χ0n) is 19.8. The molecule has 0 aromatic heterocycles. The lowest BCUT2D eigenvalue weighted by Crippen LogP contribution is -2.38. The largest absolute Gasteiger partial charge is 0.490 e. The summed E-state index contributed by atoms with van der Waals surface area (Å²) in [6, 6.07) is 11.5. The van der Waals surface area contributed by atoms with Crippen molar-refractivity contribution in [3.8, 4) is 11.5 Å². The molecule has 1 saturated heterocycles. The molecule has 33 heavy (non-hydrogen) atoms. The molecular formula is C26H34N2O4S. The number of nitrogens with zero attached hydrogens (tertiary/aromatic N) is 1. The number of rotatable bonds is 10. The fourth-order valence-electron chi connectivity index (χ4n) is 3.65. The van der Waals surface area contributed by atoms with Crippen LogP contribution in [0.1, 0.15) is 47.7 Å². The molecule has 1 N–H and O–H groups in total. The number of hydrogen-bond donors (Lipinski definition) is 1. The summed E-state index contributed by atoms with van der Waals surface area (Å²) in [6.07, 6.45) is 3.26. The van der Waals surface area contributed by atoms with E-state index in [0.717, 1.165) is 31.7 Å². The average Bonchev–Trinajstić information content (AvgIpc) is 2.83. The van der Waals surface area contributed by atoms with E-state index < -0.39 is 0 Å². The van der Waals surface area contributed by atoms with Gasteiger partial charge in [-0.3, -0.25) is 9.59 Å². The number of carbonyl (C=O) groups excluding carboxylic acids is 2.